The van der Waals surface area contributed by atoms with Crippen molar-refractivity contribution in [1.82, 2.24) is 9.97 Å². The summed E-state index contributed by atoms with van der Waals surface area (Å²) in [7, 11) is 0. The number of thiazole rings is 1. The highest BCUT2D eigenvalue weighted by Crippen LogP contribution is 2.45. The molecule has 0 amide bonds. The minimum atomic E-state index is 0.461. The molecule has 1 aliphatic carbocycles. The Morgan fingerprint density at radius 1 is 1.50 bits per heavy atom. The van der Waals surface area contributed by atoms with Gasteiger partial charge >= 0.3 is 0 Å². The Hall–Kier alpha value is -1.73. The van der Waals surface area contributed by atoms with Crippen LogP contribution in [0.3, 0.4) is 0 Å². The molecular weight excluding hydrogens is 242 g/mol. The Bertz CT molecular complexity index is 593. The molecule has 1 unspecified atom stereocenters. The van der Waals surface area contributed by atoms with Crippen molar-refractivity contribution in [1.29, 1.82) is 5.26 Å². The molecule has 4 heteroatoms. The molecule has 3 nitrogen and oxygen atoms in total. The van der Waals surface area contributed by atoms with Crippen molar-refractivity contribution < 1.29 is 0 Å². The van der Waals surface area contributed by atoms with Crippen LogP contribution in [0.15, 0.2) is 24.5 Å². The van der Waals surface area contributed by atoms with Crippen LogP contribution in [0.25, 0.3) is 10.6 Å². The van der Waals surface area contributed by atoms with Crippen LogP contribution >= 0.6 is 11.3 Å². The Kier molecular flexibility index (Phi) is 2.85. The Labute approximate surface area is 110 Å². The maximum absolute atomic E-state index is 9.21. The van der Waals surface area contributed by atoms with Crippen molar-refractivity contribution in [2.45, 2.75) is 25.7 Å². The first-order valence-electron chi connectivity index (χ1n) is 6.11. The summed E-state index contributed by atoms with van der Waals surface area (Å²) in [5.74, 6) is 1.21. The van der Waals surface area contributed by atoms with E-state index in [-0.39, 0.29) is 0 Å². The maximum Gasteiger partial charge on any atom is 0.155 e. The molecule has 1 saturated carbocycles. The summed E-state index contributed by atoms with van der Waals surface area (Å²) >= 11 is 1.64. The van der Waals surface area contributed by atoms with E-state index in [2.05, 4.69) is 23.0 Å². The summed E-state index contributed by atoms with van der Waals surface area (Å²) in [5.41, 5.74) is 1.59. The quantitative estimate of drug-likeness (QED) is 0.842. The Balaban J connectivity index is 2.01. The summed E-state index contributed by atoms with van der Waals surface area (Å²) in [5, 5.41) is 10.1. The normalized spacial score (nSPS) is 16.2. The molecule has 2 aromatic rings. The van der Waals surface area contributed by atoms with Gasteiger partial charge in [0.15, 0.2) is 5.69 Å². The Morgan fingerprint density at radius 3 is 2.94 bits per heavy atom. The number of nitriles is 1. The first-order valence-corrected chi connectivity index (χ1v) is 6.92. The summed E-state index contributed by atoms with van der Waals surface area (Å²) in [6, 6.07) is 6.11. The van der Waals surface area contributed by atoms with Crippen molar-refractivity contribution >= 4 is 11.3 Å². The van der Waals surface area contributed by atoms with Crippen LogP contribution in [0.5, 0.6) is 0 Å². The van der Waals surface area contributed by atoms with Crippen LogP contribution in [0.2, 0.25) is 0 Å². The number of hydrogen-bond acceptors (Lipinski definition) is 4. The van der Waals surface area contributed by atoms with Gasteiger partial charge in [0.2, 0.25) is 0 Å². The molecule has 0 aromatic carbocycles. The van der Waals surface area contributed by atoms with Gasteiger partial charge in [0.1, 0.15) is 11.1 Å². The van der Waals surface area contributed by atoms with Gasteiger partial charge in [0.25, 0.3) is 0 Å². The lowest BCUT2D eigenvalue weighted by molar-refractivity contribution is 0.673. The van der Waals surface area contributed by atoms with E-state index in [1.54, 1.807) is 23.7 Å². The van der Waals surface area contributed by atoms with Crippen LogP contribution in [0.1, 0.15) is 36.3 Å². The molecular formula is C14H13N3S. The molecule has 0 spiro atoms. The zero-order chi connectivity index (χ0) is 12.5. The van der Waals surface area contributed by atoms with Gasteiger partial charge in [-0.1, -0.05) is 6.92 Å². The predicted molar refractivity (Wildman–Crippen MR) is 71.2 cm³/mol. The zero-order valence-electron chi connectivity index (χ0n) is 10.1. The fourth-order valence-electron chi connectivity index (χ4n) is 2.14. The highest BCUT2D eigenvalue weighted by atomic mass is 32.1. The first kappa shape index (κ1) is 11.4. The molecule has 0 bridgehead atoms. The van der Waals surface area contributed by atoms with E-state index in [9.17, 15) is 5.26 Å². The Morgan fingerprint density at radius 2 is 2.33 bits per heavy atom. The minimum Gasteiger partial charge on any atom is -0.264 e. The fraction of sp³-hybridized carbons (Fsp3) is 0.357. The number of nitrogens with zero attached hydrogens (tertiary/aromatic N) is 3. The van der Waals surface area contributed by atoms with Gasteiger partial charge in [0, 0.05) is 22.8 Å². The van der Waals surface area contributed by atoms with E-state index < -0.39 is 0 Å². The van der Waals surface area contributed by atoms with E-state index in [1.165, 1.54) is 12.8 Å². The summed E-state index contributed by atoms with van der Waals surface area (Å²) < 4.78 is 0. The highest BCUT2D eigenvalue weighted by Gasteiger charge is 2.32. The molecule has 90 valence electrons. The monoisotopic (exact) mass is 255 g/mol. The highest BCUT2D eigenvalue weighted by molar-refractivity contribution is 7.15. The minimum absolute atomic E-state index is 0.461. The second-order valence-electron chi connectivity index (χ2n) is 4.71. The maximum atomic E-state index is 9.21. The number of rotatable bonds is 3. The third-order valence-corrected chi connectivity index (χ3v) is 4.72. The van der Waals surface area contributed by atoms with E-state index in [1.807, 2.05) is 12.1 Å². The summed E-state index contributed by atoms with van der Waals surface area (Å²) in [6.45, 7) is 2.21. The zero-order valence-corrected chi connectivity index (χ0v) is 10.9. The molecule has 0 aliphatic heterocycles. The van der Waals surface area contributed by atoms with Gasteiger partial charge in [-0.15, -0.1) is 11.3 Å². The van der Waals surface area contributed by atoms with Crippen molar-refractivity contribution in [3.05, 3.63) is 35.1 Å². The van der Waals surface area contributed by atoms with Gasteiger partial charge in [-0.05, 0) is 36.8 Å². The first-order chi connectivity index (χ1) is 8.79. The van der Waals surface area contributed by atoms with Crippen molar-refractivity contribution in [2.75, 3.05) is 0 Å². The van der Waals surface area contributed by atoms with Crippen LogP contribution in [-0.2, 0) is 0 Å². The van der Waals surface area contributed by atoms with Crippen LogP contribution in [-0.4, -0.2) is 9.97 Å². The molecule has 1 atom stereocenters. The molecule has 2 heterocycles. The predicted octanol–water partition coefficient (Wildman–Crippen LogP) is 3.59. The third kappa shape index (κ3) is 2.02. The molecule has 1 aliphatic rings. The lowest BCUT2D eigenvalue weighted by atomic mass is 10.0. The topological polar surface area (TPSA) is 49.6 Å². The fourth-order valence-corrected chi connectivity index (χ4v) is 3.29. The second-order valence-corrected chi connectivity index (χ2v) is 5.74. The third-order valence-electron chi connectivity index (χ3n) is 3.41. The summed E-state index contributed by atoms with van der Waals surface area (Å²) in [4.78, 5) is 9.69. The molecule has 0 N–H and O–H groups in total. The largest absolute Gasteiger partial charge is 0.264 e. The molecule has 1 fully saturated rings. The molecule has 3 rings (SSSR count). The molecule has 0 radical (unpaired) electrons. The van der Waals surface area contributed by atoms with E-state index in [0.717, 1.165) is 21.4 Å². The summed E-state index contributed by atoms with van der Waals surface area (Å²) in [6.07, 6.45) is 6.11. The molecule has 2 aromatic heterocycles. The molecule has 0 saturated heterocycles. The lowest BCUT2D eigenvalue weighted by Crippen LogP contribution is -1.95. The second kappa shape index (κ2) is 4.51. The van der Waals surface area contributed by atoms with Gasteiger partial charge < -0.3 is 0 Å². The average molecular weight is 255 g/mol. The van der Waals surface area contributed by atoms with Crippen LogP contribution < -0.4 is 0 Å². The van der Waals surface area contributed by atoms with E-state index >= 15 is 0 Å². The lowest BCUT2D eigenvalue weighted by Gasteiger charge is -2.05. The number of pyridine rings is 1. The number of aromatic nitrogens is 2. The van der Waals surface area contributed by atoms with Crippen molar-refractivity contribution in [2.24, 2.45) is 5.92 Å². The van der Waals surface area contributed by atoms with E-state index in [4.69, 9.17) is 0 Å². The number of hydrogen-bond donors (Lipinski definition) is 0. The van der Waals surface area contributed by atoms with Gasteiger partial charge in [-0.2, -0.15) is 5.26 Å². The van der Waals surface area contributed by atoms with Crippen LogP contribution in [0, 0.1) is 17.2 Å². The van der Waals surface area contributed by atoms with Crippen molar-refractivity contribution in [3.63, 3.8) is 0 Å². The van der Waals surface area contributed by atoms with Gasteiger partial charge in [-0.25, -0.2) is 4.98 Å². The van der Waals surface area contributed by atoms with E-state index in [0.29, 0.717) is 11.6 Å². The van der Waals surface area contributed by atoms with Gasteiger partial charge in [-0.3, -0.25) is 4.98 Å². The molecule has 18 heavy (non-hydrogen) atoms. The van der Waals surface area contributed by atoms with Gasteiger partial charge in [0.05, 0.1) is 0 Å². The SMILES string of the molecule is CC(c1sc(-c2cccnc2)nc1C#N)C1CC1. The smallest absolute Gasteiger partial charge is 0.155 e. The average Bonchev–Trinajstić information content (AvgIpc) is 3.18. The van der Waals surface area contributed by atoms with Crippen LogP contribution in [0.4, 0.5) is 0 Å². The standard InChI is InChI=1S/C14H13N3S/c1-9(10-4-5-10)13-12(7-15)17-14(18-13)11-3-2-6-16-8-11/h2-3,6,8-10H,4-5H2,1H3. The van der Waals surface area contributed by atoms with Crippen molar-refractivity contribution in [3.8, 4) is 16.6 Å².